The Morgan fingerprint density at radius 2 is 0.902 bits per heavy atom. The third kappa shape index (κ3) is 7.80. The maximum absolute atomic E-state index is 13.6. The van der Waals surface area contributed by atoms with Gasteiger partial charge in [-0.05, 0) is 58.7 Å². The van der Waals surface area contributed by atoms with Crippen molar-refractivity contribution in [1.82, 2.24) is 0 Å². The van der Waals surface area contributed by atoms with Gasteiger partial charge in [-0.15, -0.1) is 0 Å². The normalized spacial score (nSPS) is 11.6. The topological polar surface area (TPSA) is 71.1 Å². The molecule has 0 unspecified atom stereocenters. The van der Waals surface area contributed by atoms with Crippen LogP contribution in [0.3, 0.4) is 0 Å². The van der Waals surface area contributed by atoms with E-state index < -0.39 is 9.84 Å². The van der Waals surface area contributed by atoms with Crippen LogP contribution in [0.2, 0.25) is 0 Å². The Bertz CT molecular complexity index is 1540. The van der Waals surface area contributed by atoms with Crippen LogP contribution in [-0.2, 0) is 21.3 Å². The molecular formula is C34H34O6S. The SMILES string of the molecule is COc1ccc(CS(=O)(=O)Cc2ccc(OC)cc2/C=C/c2ccccc2OC)c(/C=C/c2ccccc2OC)c1. The highest BCUT2D eigenvalue weighted by atomic mass is 32.2. The van der Waals surface area contributed by atoms with Crippen LogP contribution in [0.25, 0.3) is 24.3 Å². The first kappa shape index (κ1) is 29.5. The first-order chi connectivity index (χ1) is 19.9. The van der Waals surface area contributed by atoms with Gasteiger partial charge in [-0.2, -0.15) is 0 Å². The lowest BCUT2D eigenvalue weighted by molar-refractivity contribution is 0.414. The second-order valence-corrected chi connectivity index (χ2v) is 11.4. The van der Waals surface area contributed by atoms with Gasteiger partial charge in [0.25, 0.3) is 0 Å². The molecule has 0 aliphatic carbocycles. The Morgan fingerprint density at radius 3 is 1.29 bits per heavy atom. The summed E-state index contributed by atoms with van der Waals surface area (Å²) >= 11 is 0. The minimum Gasteiger partial charge on any atom is -0.497 e. The predicted molar refractivity (Wildman–Crippen MR) is 166 cm³/mol. The molecule has 4 rings (SSSR count). The van der Waals surface area contributed by atoms with Gasteiger partial charge in [-0.25, -0.2) is 8.42 Å². The second kappa shape index (κ2) is 13.7. The molecule has 0 aliphatic heterocycles. The summed E-state index contributed by atoms with van der Waals surface area (Å²) in [6.45, 7) is 0. The lowest BCUT2D eigenvalue weighted by Crippen LogP contribution is -2.10. The average Bonchev–Trinajstić information content (AvgIpc) is 2.99. The fraction of sp³-hybridized carbons (Fsp3) is 0.176. The lowest BCUT2D eigenvalue weighted by atomic mass is 10.1. The van der Waals surface area contributed by atoms with Crippen molar-refractivity contribution in [3.8, 4) is 23.0 Å². The number of hydrogen-bond donors (Lipinski definition) is 0. The van der Waals surface area contributed by atoms with Gasteiger partial charge in [0, 0.05) is 11.1 Å². The van der Waals surface area contributed by atoms with Crippen LogP contribution < -0.4 is 18.9 Å². The molecule has 0 saturated carbocycles. The highest BCUT2D eigenvalue weighted by Gasteiger charge is 2.18. The average molecular weight is 571 g/mol. The molecule has 0 saturated heterocycles. The molecule has 0 amide bonds. The van der Waals surface area contributed by atoms with Crippen LogP contribution in [-0.4, -0.2) is 36.9 Å². The van der Waals surface area contributed by atoms with Gasteiger partial charge in [0.1, 0.15) is 23.0 Å². The number of ether oxygens (including phenoxy) is 4. The lowest BCUT2D eigenvalue weighted by Gasteiger charge is -2.13. The van der Waals surface area contributed by atoms with Crippen LogP contribution >= 0.6 is 0 Å². The van der Waals surface area contributed by atoms with E-state index in [9.17, 15) is 8.42 Å². The predicted octanol–water partition coefficient (Wildman–Crippen LogP) is 7.18. The van der Waals surface area contributed by atoms with Crippen molar-refractivity contribution in [1.29, 1.82) is 0 Å². The highest BCUT2D eigenvalue weighted by Crippen LogP contribution is 2.28. The van der Waals surface area contributed by atoms with Crippen molar-refractivity contribution in [3.63, 3.8) is 0 Å². The fourth-order valence-electron chi connectivity index (χ4n) is 4.47. The Morgan fingerprint density at radius 1 is 0.512 bits per heavy atom. The zero-order valence-electron chi connectivity index (χ0n) is 23.7. The minimum atomic E-state index is -3.56. The molecule has 4 aromatic rings. The van der Waals surface area contributed by atoms with E-state index in [1.54, 1.807) is 52.7 Å². The molecular weight excluding hydrogens is 536 g/mol. The zero-order chi connectivity index (χ0) is 29.2. The maximum Gasteiger partial charge on any atom is 0.158 e. The van der Waals surface area contributed by atoms with E-state index in [0.717, 1.165) is 33.8 Å². The molecule has 0 aromatic heterocycles. The molecule has 6 nitrogen and oxygen atoms in total. The summed E-state index contributed by atoms with van der Waals surface area (Å²) < 4.78 is 48.9. The Hall–Kier alpha value is -4.49. The summed E-state index contributed by atoms with van der Waals surface area (Å²) in [7, 11) is 2.85. The summed E-state index contributed by atoms with van der Waals surface area (Å²) in [4.78, 5) is 0. The summed E-state index contributed by atoms with van der Waals surface area (Å²) in [6, 6.07) is 26.1. The van der Waals surface area contributed by atoms with Gasteiger partial charge >= 0.3 is 0 Å². The van der Waals surface area contributed by atoms with Crippen LogP contribution in [0.15, 0.2) is 84.9 Å². The molecule has 7 heteroatoms. The maximum atomic E-state index is 13.6. The first-order valence-corrected chi connectivity index (χ1v) is 14.8. The molecule has 0 atom stereocenters. The summed E-state index contributed by atoms with van der Waals surface area (Å²) in [6.07, 6.45) is 7.60. The number of sulfone groups is 1. The van der Waals surface area contributed by atoms with Crippen molar-refractivity contribution in [2.24, 2.45) is 0 Å². The zero-order valence-corrected chi connectivity index (χ0v) is 24.5. The molecule has 0 bridgehead atoms. The largest absolute Gasteiger partial charge is 0.497 e. The quantitative estimate of drug-likeness (QED) is 0.168. The summed E-state index contributed by atoms with van der Waals surface area (Å²) in [5.41, 5.74) is 4.63. The molecule has 0 fully saturated rings. The van der Waals surface area contributed by atoms with Gasteiger partial charge in [-0.3, -0.25) is 0 Å². The van der Waals surface area contributed by atoms with Crippen molar-refractivity contribution < 1.29 is 27.4 Å². The number of hydrogen-bond acceptors (Lipinski definition) is 6. The number of para-hydroxylation sites is 2. The van der Waals surface area contributed by atoms with Crippen LogP contribution in [0.5, 0.6) is 23.0 Å². The minimum absolute atomic E-state index is 0.135. The Kier molecular flexibility index (Phi) is 9.87. The first-order valence-electron chi connectivity index (χ1n) is 13.0. The van der Waals surface area contributed by atoms with Gasteiger partial charge in [0.15, 0.2) is 9.84 Å². The van der Waals surface area contributed by atoms with E-state index in [4.69, 9.17) is 18.9 Å². The van der Waals surface area contributed by atoms with Gasteiger partial charge < -0.3 is 18.9 Å². The van der Waals surface area contributed by atoms with Crippen molar-refractivity contribution in [2.45, 2.75) is 11.5 Å². The third-order valence-electron chi connectivity index (χ3n) is 6.62. The number of rotatable bonds is 12. The van der Waals surface area contributed by atoms with E-state index in [1.165, 1.54) is 0 Å². The van der Waals surface area contributed by atoms with E-state index in [1.807, 2.05) is 85.0 Å². The molecule has 41 heavy (non-hydrogen) atoms. The molecule has 212 valence electrons. The van der Waals surface area contributed by atoms with E-state index >= 15 is 0 Å². The molecule has 0 heterocycles. The standard InChI is InChI=1S/C34H34O6S/c1-37-31-19-17-29(27(21-31)15-13-25-9-5-7-11-33(25)39-3)23-41(35,36)24-30-18-20-32(38-2)22-28(30)16-14-26-10-6-8-12-34(26)40-4/h5-22H,23-24H2,1-4H3/b15-13+,16-14+. The summed E-state index contributed by atoms with van der Waals surface area (Å²) in [5.74, 6) is 2.48. The van der Waals surface area contributed by atoms with Gasteiger partial charge in [-0.1, -0.05) is 72.8 Å². The van der Waals surface area contributed by atoms with Crippen molar-refractivity contribution in [2.75, 3.05) is 28.4 Å². The molecule has 0 aliphatic rings. The Labute approximate surface area is 242 Å². The van der Waals surface area contributed by atoms with E-state index in [2.05, 4.69) is 0 Å². The fourth-order valence-corrected chi connectivity index (χ4v) is 6.04. The number of methoxy groups -OCH3 is 4. The van der Waals surface area contributed by atoms with Gasteiger partial charge in [0.2, 0.25) is 0 Å². The smallest absolute Gasteiger partial charge is 0.158 e. The molecule has 4 aromatic carbocycles. The monoisotopic (exact) mass is 570 g/mol. The van der Waals surface area contributed by atoms with E-state index in [0.29, 0.717) is 22.6 Å². The Balaban J connectivity index is 1.64. The van der Waals surface area contributed by atoms with Crippen LogP contribution in [0, 0.1) is 0 Å². The number of benzene rings is 4. The van der Waals surface area contributed by atoms with Gasteiger partial charge in [0.05, 0.1) is 39.9 Å². The van der Waals surface area contributed by atoms with Crippen LogP contribution in [0.4, 0.5) is 0 Å². The van der Waals surface area contributed by atoms with Crippen LogP contribution in [0.1, 0.15) is 33.4 Å². The van der Waals surface area contributed by atoms with Crippen molar-refractivity contribution in [3.05, 3.63) is 118 Å². The second-order valence-electron chi connectivity index (χ2n) is 9.31. The highest BCUT2D eigenvalue weighted by molar-refractivity contribution is 7.89. The molecule has 0 spiro atoms. The van der Waals surface area contributed by atoms with E-state index in [-0.39, 0.29) is 11.5 Å². The third-order valence-corrected chi connectivity index (χ3v) is 8.12. The summed E-state index contributed by atoms with van der Waals surface area (Å²) in [5, 5.41) is 0. The molecule has 0 radical (unpaired) electrons. The molecule has 0 N–H and O–H groups in total. The van der Waals surface area contributed by atoms with Crippen molar-refractivity contribution >= 4 is 34.1 Å².